The van der Waals surface area contributed by atoms with Crippen LogP contribution >= 0.6 is 11.8 Å². The van der Waals surface area contributed by atoms with E-state index in [2.05, 4.69) is 20.8 Å². The van der Waals surface area contributed by atoms with E-state index in [0.29, 0.717) is 31.6 Å². The van der Waals surface area contributed by atoms with Gasteiger partial charge in [0.1, 0.15) is 13.2 Å². The van der Waals surface area contributed by atoms with Crippen LogP contribution in [-0.2, 0) is 11.2 Å². The van der Waals surface area contributed by atoms with Gasteiger partial charge < -0.3 is 14.8 Å². The number of nitrogens with zero attached hydrogens (tertiary/aromatic N) is 4. The number of fused-ring (bicyclic) bond motifs is 1. The fraction of sp³-hybridized carbons (Fsp3) is 0.556. The van der Waals surface area contributed by atoms with E-state index in [-0.39, 0.29) is 5.91 Å². The Labute approximate surface area is 162 Å². The molecule has 2 aliphatic rings. The van der Waals surface area contributed by atoms with Crippen molar-refractivity contribution in [1.29, 1.82) is 0 Å². The maximum Gasteiger partial charge on any atom is 0.230 e. The van der Waals surface area contributed by atoms with Crippen LogP contribution in [0.4, 0.5) is 0 Å². The minimum Gasteiger partial charge on any atom is -0.486 e. The van der Waals surface area contributed by atoms with Crippen LogP contribution in [0.3, 0.4) is 0 Å². The van der Waals surface area contributed by atoms with E-state index >= 15 is 0 Å². The van der Waals surface area contributed by atoms with Crippen LogP contribution < -0.4 is 14.8 Å². The quantitative estimate of drug-likeness (QED) is 0.724. The molecule has 144 valence electrons. The second-order valence-electron chi connectivity index (χ2n) is 6.71. The molecule has 2 aromatic rings. The van der Waals surface area contributed by atoms with Gasteiger partial charge in [-0.25, -0.2) is 4.68 Å². The molecule has 8 nitrogen and oxygen atoms in total. The number of tetrazole rings is 1. The van der Waals surface area contributed by atoms with Crippen molar-refractivity contribution < 1.29 is 14.3 Å². The molecular formula is C18H23N5O3S. The lowest BCUT2D eigenvalue weighted by atomic mass is 10.1. The number of carbonyl (C=O) groups excluding carboxylic acids is 1. The summed E-state index contributed by atoms with van der Waals surface area (Å²) in [5, 5.41) is 15.6. The van der Waals surface area contributed by atoms with Gasteiger partial charge in [-0.3, -0.25) is 4.79 Å². The molecule has 2 heterocycles. The zero-order chi connectivity index (χ0) is 18.5. The zero-order valence-electron chi connectivity index (χ0n) is 15.1. The predicted molar refractivity (Wildman–Crippen MR) is 100 cm³/mol. The van der Waals surface area contributed by atoms with Crippen LogP contribution in [0.5, 0.6) is 11.5 Å². The summed E-state index contributed by atoms with van der Waals surface area (Å²) in [6.07, 6.45) is 5.40. The number of thioether (sulfide) groups is 1. The zero-order valence-corrected chi connectivity index (χ0v) is 15.9. The number of aromatic nitrogens is 4. The van der Waals surface area contributed by atoms with Gasteiger partial charge in [-0.05, 0) is 47.4 Å². The van der Waals surface area contributed by atoms with Gasteiger partial charge in [-0.15, -0.1) is 5.10 Å². The number of hydrogen-bond acceptors (Lipinski definition) is 7. The summed E-state index contributed by atoms with van der Waals surface area (Å²) >= 11 is 1.39. The van der Waals surface area contributed by atoms with E-state index < -0.39 is 0 Å². The molecule has 1 amide bonds. The van der Waals surface area contributed by atoms with Crippen LogP contribution in [0, 0.1) is 0 Å². The Morgan fingerprint density at radius 3 is 2.89 bits per heavy atom. The van der Waals surface area contributed by atoms with Gasteiger partial charge in [-0.1, -0.05) is 30.7 Å². The third-order valence-corrected chi connectivity index (χ3v) is 5.74. The Hall–Kier alpha value is -2.29. The summed E-state index contributed by atoms with van der Waals surface area (Å²) in [5.74, 6) is 1.86. The molecule has 1 saturated carbocycles. The van der Waals surface area contributed by atoms with Crippen molar-refractivity contribution in [2.45, 2.75) is 43.3 Å². The highest BCUT2D eigenvalue weighted by atomic mass is 32.2. The summed E-state index contributed by atoms with van der Waals surface area (Å²) in [4.78, 5) is 12.1. The number of benzene rings is 1. The molecule has 1 N–H and O–H groups in total. The molecule has 0 radical (unpaired) electrons. The summed E-state index contributed by atoms with van der Waals surface area (Å²) in [5.41, 5.74) is 1.11. The molecule has 27 heavy (non-hydrogen) atoms. The number of hydrogen-bond donors (Lipinski definition) is 1. The topological polar surface area (TPSA) is 91.2 Å². The summed E-state index contributed by atoms with van der Waals surface area (Å²) in [7, 11) is 0. The smallest absolute Gasteiger partial charge is 0.230 e. The van der Waals surface area contributed by atoms with Crippen molar-refractivity contribution >= 4 is 17.7 Å². The van der Waals surface area contributed by atoms with Gasteiger partial charge in [0, 0.05) is 6.54 Å². The van der Waals surface area contributed by atoms with Crippen molar-refractivity contribution in [2.75, 3.05) is 25.5 Å². The van der Waals surface area contributed by atoms with E-state index in [1.807, 2.05) is 22.9 Å². The minimum atomic E-state index is -0.0153. The maximum absolute atomic E-state index is 12.1. The van der Waals surface area contributed by atoms with Gasteiger partial charge in [0.2, 0.25) is 11.1 Å². The number of ether oxygens (including phenoxy) is 2. The standard InChI is InChI=1S/C18H23N5O3S/c24-17(12-27-18-20-21-22-23(18)14-3-1-2-4-14)19-8-7-13-5-6-15-16(11-13)26-10-9-25-15/h5-6,11,14H,1-4,7-10,12H2,(H,19,24). The van der Waals surface area contributed by atoms with E-state index in [9.17, 15) is 4.79 Å². The van der Waals surface area contributed by atoms with Crippen LogP contribution in [0.1, 0.15) is 37.3 Å². The molecule has 4 rings (SSSR count). The molecule has 0 atom stereocenters. The van der Waals surface area contributed by atoms with E-state index in [0.717, 1.165) is 41.5 Å². The first-order valence-electron chi connectivity index (χ1n) is 9.35. The lowest BCUT2D eigenvalue weighted by molar-refractivity contribution is -0.118. The van der Waals surface area contributed by atoms with Crippen LogP contribution in [0.25, 0.3) is 0 Å². The highest BCUT2D eigenvalue weighted by molar-refractivity contribution is 7.99. The molecule has 1 aliphatic heterocycles. The number of amides is 1. The fourth-order valence-electron chi connectivity index (χ4n) is 3.43. The second-order valence-corrected chi connectivity index (χ2v) is 7.65. The Kier molecular flexibility index (Phi) is 5.76. The first-order valence-corrected chi connectivity index (χ1v) is 10.3. The van der Waals surface area contributed by atoms with E-state index in [1.54, 1.807) is 0 Å². The van der Waals surface area contributed by atoms with Crippen molar-refractivity contribution in [1.82, 2.24) is 25.5 Å². The van der Waals surface area contributed by atoms with E-state index in [1.165, 1.54) is 24.6 Å². The number of carbonyl (C=O) groups is 1. The van der Waals surface area contributed by atoms with E-state index in [4.69, 9.17) is 9.47 Å². The molecule has 1 aromatic carbocycles. The highest BCUT2D eigenvalue weighted by Gasteiger charge is 2.22. The van der Waals surface area contributed by atoms with Crippen molar-refractivity contribution in [2.24, 2.45) is 0 Å². The largest absolute Gasteiger partial charge is 0.486 e. The van der Waals surface area contributed by atoms with Crippen LogP contribution in [0.15, 0.2) is 23.4 Å². The average molecular weight is 389 g/mol. The molecular weight excluding hydrogens is 366 g/mol. The Morgan fingerprint density at radius 2 is 2.04 bits per heavy atom. The third kappa shape index (κ3) is 4.52. The van der Waals surface area contributed by atoms with Crippen molar-refractivity contribution in [3.63, 3.8) is 0 Å². The molecule has 9 heteroatoms. The summed E-state index contributed by atoms with van der Waals surface area (Å²) in [6, 6.07) is 6.28. The highest BCUT2D eigenvalue weighted by Crippen LogP contribution is 2.32. The maximum atomic E-state index is 12.1. The third-order valence-electron chi connectivity index (χ3n) is 4.81. The SMILES string of the molecule is O=C(CSc1nnnn1C1CCCC1)NCCc1ccc2c(c1)OCCO2. The van der Waals surface area contributed by atoms with Gasteiger partial charge >= 0.3 is 0 Å². The van der Waals surface area contributed by atoms with Gasteiger partial charge in [-0.2, -0.15) is 0 Å². The molecule has 0 unspecified atom stereocenters. The molecule has 0 saturated heterocycles. The molecule has 0 bridgehead atoms. The normalized spacial score (nSPS) is 16.4. The fourth-order valence-corrected chi connectivity index (χ4v) is 4.20. The van der Waals surface area contributed by atoms with Gasteiger partial charge in [0.15, 0.2) is 11.5 Å². The lowest BCUT2D eigenvalue weighted by Crippen LogP contribution is -2.27. The van der Waals surface area contributed by atoms with Crippen molar-refractivity contribution in [3.8, 4) is 11.5 Å². The van der Waals surface area contributed by atoms with Gasteiger partial charge in [0.05, 0.1) is 11.8 Å². The first-order chi connectivity index (χ1) is 13.3. The molecule has 1 fully saturated rings. The first kappa shape index (κ1) is 18.1. The minimum absolute atomic E-state index is 0.0153. The number of rotatable bonds is 7. The lowest BCUT2D eigenvalue weighted by Gasteiger charge is -2.18. The average Bonchev–Trinajstić information content (AvgIpc) is 3.37. The van der Waals surface area contributed by atoms with Crippen molar-refractivity contribution in [3.05, 3.63) is 23.8 Å². The van der Waals surface area contributed by atoms with Gasteiger partial charge in [0.25, 0.3) is 0 Å². The monoisotopic (exact) mass is 389 g/mol. The molecule has 1 aliphatic carbocycles. The van der Waals surface area contributed by atoms with Crippen LogP contribution in [0.2, 0.25) is 0 Å². The molecule has 1 aromatic heterocycles. The second kappa shape index (κ2) is 8.60. The Morgan fingerprint density at radius 1 is 1.22 bits per heavy atom. The summed E-state index contributed by atoms with van der Waals surface area (Å²) < 4.78 is 13.0. The Bertz CT molecular complexity index is 791. The predicted octanol–water partition coefficient (Wildman–Crippen LogP) is 2.01. The Balaban J connectivity index is 1.22. The number of nitrogens with one attached hydrogen (secondary N) is 1. The molecule has 0 spiro atoms. The van der Waals surface area contributed by atoms with Crippen LogP contribution in [-0.4, -0.2) is 51.6 Å². The summed E-state index contributed by atoms with van der Waals surface area (Å²) in [6.45, 7) is 1.74.